The first-order valence-corrected chi connectivity index (χ1v) is 9.73. The lowest BCUT2D eigenvalue weighted by molar-refractivity contribution is 0.0594. The second-order valence-electron chi connectivity index (χ2n) is 7.13. The van der Waals surface area contributed by atoms with E-state index in [-0.39, 0.29) is 6.54 Å². The van der Waals surface area contributed by atoms with Crippen LogP contribution in [-0.2, 0) is 13.0 Å². The Balaban J connectivity index is 1.63. The first kappa shape index (κ1) is 21.4. The molecule has 0 aliphatic heterocycles. The zero-order valence-corrected chi connectivity index (χ0v) is 16.6. The van der Waals surface area contributed by atoms with Crippen molar-refractivity contribution < 1.29 is 15.0 Å². The third kappa shape index (κ3) is 6.38. The number of nitrogens with zero attached hydrogens (tertiary/aromatic N) is 2. The van der Waals surface area contributed by atoms with E-state index in [1.807, 2.05) is 72.8 Å². The molecule has 0 aliphatic carbocycles. The van der Waals surface area contributed by atoms with Crippen molar-refractivity contribution >= 4 is 6.09 Å². The Bertz CT molecular complexity index is 920. The molecular weight excluding hydrogens is 380 g/mol. The number of nitrogens with one attached hydrogen (secondary N) is 1. The summed E-state index contributed by atoms with van der Waals surface area (Å²) in [4.78, 5) is 15.5. The Kier molecular flexibility index (Phi) is 7.51. The van der Waals surface area contributed by atoms with E-state index < -0.39 is 18.2 Å². The van der Waals surface area contributed by atoms with Crippen molar-refractivity contribution in [1.29, 1.82) is 0 Å². The molecule has 7 heteroatoms. The summed E-state index contributed by atoms with van der Waals surface area (Å²) in [6, 6.07) is 22.6. The van der Waals surface area contributed by atoms with E-state index in [1.165, 1.54) is 5.01 Å². The Morgan fingerprint density at radius 1 is 1.00 bits per heavy atom. The standard InChI is InChI=1S/C23H26N4O3/c24-20(14-17-6-2-1-3-7-17)22(28)16-27(26-23(29)30)15-18-9-11-19(12-10-18)21-8-4-5-13-25-21/h1-13,20,22,26,28H,14-16,24H2,(H,29,30)/t20-,22-/m0/s1. The van der Waals surface area contributed by atoms with Gasteiger partial charge in [0.1, 0.15) is 0 Å². The van der Waals surface area contributed by atoms with Gasteiger partial charge < -0.3 is 15.9 Å². The molecule has 2 aromatic carbocycles. The zero-order chi connectivity index (χ0) is 21.3. The molecule has 1 amide bonds. The molecule has 1 aromatic heterocycles. The van der Waals surface area contributed by atoms with Crippen molar-refractivity contribution in [3.63, 3.8) is 0 Å². The molecule has 30 heavy (non-hydrogen) atoms. The van der Waals surface area contributed by atoms with Gasteiger partial charge in [0.15, 0.2) is 0 Å². The van der Waals surface area contributed by atoms with Gasteiger partial charge in [-0.1, -0.05) is 60.7 Å². The molecule has 0 bridgehead atoms. The molecule has 0 spiro atoms. The minimum Gasteiger partial charge on any atom is -0.464 e. The minimum absolute atomic E-state index is 0.0717. The van der Waals surface area contributed by atoms with Gasteiger partial charge in [-0.15, -0.1) is 0 Å². The third-order valence-electron chi connectivity index (χ3n) is 4.76. The number of aromatic nitrogens is 1. The molecule has 0 saturated carbocycles. The molecule has 1 heterocycles. The van der Waals surface area contributed by atoms with Crippen molar-refractivity contribution in [1.82, 2.24) is 15.4 Å². The fraction of sp³-hybridized carbons (Fsp3) is 0.217. The topological polar surface area (TPSA) is 112 Å². The van der Waals surface area contributed by atoms with Crippen LogP contribution in [0.2, 0.25) is 0 Å². The lowest BCUT2D eigenvalue weighted by atomic mass is 10.0. The van der Waals surface area contributed by atoms with Crippen molar-refractivity contribution in [3.05, 3.63) is 90.1 Å². The Morgan fingerprint density at radius 3 is 2.33 bits per heavy atom. The van der Waals surface area contributed by atoms with Gasteiger partial charge in [0.05, 0.1) is 11.8 Å². The molecule has 0 aliphatic rings. The maximum Gasteiger partial charge on any atom is 0.419 e. The second-order valence-corrected chi connectivity index (χ2v) is 7.13. The van der Waals surface area contributed by atoms with Crippen LogP contribution in [0.5, 0.6) is 0 Å². The smallest absolute Gasteiger partial charge is 0.419 e. The number of pyridine rings is 1. The molecule has 0 fully saturated rings. The number of rotatable bonds is 9. The third-order valence-corrected chi connectivity index (χ3v) is 4.76. The summed E-state index contributed by atoms with van der Waals surface area (Å²) in [6.07, 6.45) is 0.151. The molecule has 5 N–H and O–H groups in total. The zero-order valence-electron chi connectivity index (χ0n) is 16.6. The maximum absolute atomic E-state index is 11.2. The van der Waals surface area contributed by atoms with Gasteiger partial charge in [-0.05, 0) is 29.7 Å². The van der Waals surface area contributed by atoms with Crippen molar-refractivity contribution in [2.24, 2.45) is 5.73 Å². The van der Waals surface area contributed by atoms with Gasteiger partial charge in [-0.25, -0.2) is 9.80 Å². The number of aliphatic hydroxyl groups excluding tert-OH is 1. The average Bonchev–Trinajstić information content (AvgIpc) is 2.75. The number of hydrogen-bond donors (Lipinski definition) is 4. The molecule has 0 unspecified atom stereocenters. The van der Waals surface area contributed by atoms with Crippen LogP contribution in [0.15, 0.2) is 79.0 Å². The van der Waals surface area contributed by atoms with Crippen LogP contribution >= 0.6 is 0 Å². The fourth-order valence-electron chi connectivity index (χ4n) is 3.20. The molecule has 7 nitrogen and oxygen atoms in total. The first-order valence-electron chi connectivity index (χ1n) is 9.73. The van der Waals surface area contributed by atoms with E-state index >= 15 is 0 Å². The van der Waals surface area contributed by atoms with Crippen molar-refractivity contribution in [3.8, 4) is 11.3 Å². The van der Waals surface area contributed by atoms with Gasteiger partial charge in [-0.2, -0.15) is 0 Å². The van der Waals surface area contributed by atoms with Crippen LogP contribution in [0.25, 0.3) is 11.3 Å². The van der Waals surface area contributed by atoms with Crippen LogP contribution in [0.1, 0.15) is 11.1 Å². The van der Waals surface area contributed by atoms with E-state index in [2.05, 4.69) is 10.4 Å². The number of amides is 1. The lowest BCUT2D eigenvalue weighted by Gasteiger charge is -2.27. The number of aliphatic hydroxyl groups is 1. The summed E-state index contributed by atoms with van der Waals surface area (Å²) in [5.41, 5.74) is 12.3. The predicted molar refractivity (Wildman–Crippen MR) is 115 cm³/mol. The highest BCUT2D eigenvalue weighted by molar-refractivity contribution is 5.63. The van der Waals surface area contributed by atoms with Gasteiger partial charge >= 0.3 is 6.09 Å². The summed E-state index contributed by atoms with van der Waals surface area (Å²) in [5, 5.41) is 21.1. The minimum atomic E-state index is -1.19. The van der Waals surface area contributed by atoms with Crippen LogP contribution in [0.3, 0.4) is 0 Å². The SMILES string of the molecule is N[C@@H](Cc1ccccc1)[C@@H](O)CN(Cc1ccc(-c2ccccn2)cc1)NC(=O)O. The van der Waals surface area contributed by atoms with Crippen molar-refractivity contribution in [2.45, 2.75) is 25.1 Å². The van der Waals surface area contributed by atoms with E-state index in [9.17, 15) is 9.90 Å². The molecule has 0 saturated heterocycles. The van der Waals surface area contributed by atoms with Gasteiger partial charge in [0.2, 0.25) is 0 Å². The summed E-state index contributed by atoms with van der Waals surface area (Å²) in [7, 11) is 0. The molecule has 156 valence electrons. The van der Waals surface area contributed by atoms with E-state index in [4.69, 9.17) is 10.8 Å². The molecule has 3 rings (SSSR count). The number of carboxylic acid groups (broad SMARTS) is 1. The van der Waals surface area contributed by atoms with E-state index in [1.54, 1.807) is 6.20 Å². The Hall–Kier alpha value is -3.26. The maximum atomic E-state index is 11.2. The number of hydrogen-bond acceptors (Lipinski definition) is 5. The lowest BCUT2D eigenvalue weighted by Crippen LogP contribution is -2.50. The normalized spacial score (nSPS) is 13.0. The summed E-state index contributed by atoms with van der Waals surface area (Å²) < 4.78 is 0. The second kappa shape index (κ2) is 10.5. The van der Waals surface area contributed by atoms with Crippen LogP contribution in [0, 0.1) is 0 Å². The number of hydrazine groups is 1. The number of carbonyl (C=O) groups is 1. The van der Waals surface area contributed by atoms with Gasteiger partial charge in [-0.3, -0.25) is 10.4 Å². The molecule has 3 aromatic rings. The largest absolute Gasteiger partial charge is 0.464 e. The highest BCUT2D eigenvalue weighted by atomic mass is 16.4. The quantitative estimate of drug-likeness (QED) is 0.407. The Morgan fingerprint density at radius 2 is 1.70 bits per heavy atom. The Labute approximate surface area is 175 Å². The van der Waals surface area contributed by atoms with E-state index in [0.29, 0.717) is 13.0 Å². The van der Waals surface area contributed by atoms with Crippen LogP contribution in [0.4, 0.5) is 4.79 Å². The van der Waals surface area contributed by atoms with Gasteiger partial charge in [0, 0.05) is 30.9 Å². The van der Waals surface area contributed by atoms with Crippen LogP contribution < -0.4 is 11.2 Å². The molecular formula is C23H26N4O3. The average molecular weight is 406 g/mol. The summed E-state index contributed by atoms with van der Waals surface area (Å²) in [5.74, 6) is 0. The number of nitrogens with two attached hydrogens (primary N) is 1. The molecule has 0 radical (unpaired) electrons. The summed E-state index contributed by atoms with van der Waals surface area (Å²) in [6.45, 7) is 0.367. The summed E-state index contributed by atoms with van der Waals surface area (Å²) >= 11 is 0. The fourth-order valence-corrected chi connectivity index (χ4v) is 3.20. The number of benzene rings is 2. The highest BCUT2D eigenvalue weighted by Gasteiger charge is 2.20. The van der Waals surface area contributed by atoms with E-state index in [0.717, 1.165) is 22.4 Å². The first-order chi connectivity index (χ1) is 14.5. The predicted octanol–water partition coefficient (Wildman–Crippen LogP) is 2.66. The highest BCUT2D eigenvalue weighted by Crippen LogP contribution is 2.17. The van der Waals surface area contributed by atoms with Crippen molar-refractivity contribution in [2.75, 3.05) is 6.54 Å². The monoisotopic (exact) mass is 406 g/mol. The van der Waals surface area contributed by atoms with Crippen LogP contribution in [-0.4, -0.2) is 45.0 Å². The molecule has 2 atom stereocenters. The van der Waals surface area contributed by atoms with Gasteiger partial charge in [0.25, 0.3) is 0 Å².